The minimum atomic E-state index is -3.35. The highest BCUT2D eigenvalue weighted by Crippen LogP contribution is 2.47. The first-order chi connectivity index (χ1) is 14.8. The highest BCUT2D eigenvalue weighted by molar-refractivity contribution is 7.92. The number of nitrogens with two attached hydrogens (primary N) is 1. The molecule has 2 aromatic rings. The molecule has 1 fully saturated rings. The third-order valence-corrected chi connectivity index (χ3v) is 7.48. The Hall–Kier alpha value is -2.42. The van der Waals surface area contributed by atoms with Crippen molar-refractivity contribution in [2.45, 2.75) is 30.9 Å². The topological polar surface area (TPSA) is 92.9 Å². The number of anilines is 1. The van der Waals surface area contributed by atoms with Gasteiger partial charge >= 0.3 is 0 Å². The summed E-state index contributed by atoms with van der Waals surface area (Å²) < 4.78 is 31.8. The third kappa shape index (κ3) is 4.46. The summed E-state index contributed by atoms with van der Waals surface area (Å²) in [4.78, 5) is 14.6. The van der Waals surface area contributed by atoms with Gasteiger partial charge in [-0.3, -0.25) is 9.10 Å². The summed E-state index contributed by atoms with van der Waals surface area (Å²) in [5.41, 5.74) is 8.71. The fourth-order valence-corrected chi connectivity index (χ4v) is 5.65. The molecule has 2 aromatic carbocycles. The molecule has 7 nitrogen and oxygen atoms in total. The average molecular weight is 444 g/mol. The molecule has 2 heterocycles. The number of nitrogens with zero attached hydrogens (tertiary/aromatic N) is 2. The van der Waals surface area contributed by atoms with Crippen LogP contribution >= 0.6 is 0 Å². The van der Waals surface area contributed by atoms with E-state index in [1.165, 1.54) is 10.6 Å². The van der Waals surface area contributed by atoms with E-state index in [0.29, 0.717) is 39.1 Å². The number of ether oxygens (including phenoxy) is 1. The van der Waals surface area contributed by atoms with Crippen LogP contribution in [0, 0.1) is 0 Å². The minimum absolute atomic E-state index is 0.117. The third-order valence-electron chi connectivity index (χ3n) is 6.35. The summed E-state index contributed by atoms with van der Waals surface area (Å²) >= 11 is 0. The molecule has 1 saturated heterocycles. The van der Waals surface area contributed by atoms with Gasteiger partial charge in [0.05, 0.1) is 25.2 Å². The van der Waals surface area contributed by atoms with Crippen molar-refractivity contribution in [3.05, 3.63) is 65.7 Å². The van der Waals surface area contributed by atoms with E-state index in [0.717, 1.165) is 16.8 Å². The van der Waals surface area contributed by atoms with Gasteiger partial charge in [0.15, 0.2) is 0 Å². The number of piperidine rings is 1. The molecule has 2 aliphatic rings. The number of likely N-dealkylation sites (tertiary alicyclic amines) is 1. The second kappa shape index (κ2) is 8.61. The van der Waals surface area contributed by atoms with Crippen molar-refractivity contribution in [2.24, 2.45) is 5.73 Å². The van der Waals surface area contributed by atoms with E-state index in [2.05, 4.69) is 0 Å². The van der Waals surface area contributed by atoms with Gasteiger partial charge in [-0.2, -0.15) is 0 Å². The Balaban J connectivity index is 1.36. The molecule has 0 unspecified atom stereocenters. The molecule has 0 saturated carbocycles. The normalized spacial score (nSPS) is 18.8. The van der Waals surface area contributed by atoms with Gasteiger partial charge in [-0.1, -0.05) is 48.5 Å². The number of fused-ring (bicyclic) bond motifs is 2. The smallest absolute Gasteiger partial charge is 0.241 e. The van der Waals surface area contributed by atoms with Gasteiger partial charge < -0.3 is 15.4 Å². The van der Waals surface area contributed by atoms with Crippen LogP contribution in [0.15, 0.2) is 54.6 Å². The molecule has 31 heavy (non-hydrogen) atoms. The Kier molecular flexibility index (Phi) is 6.05. The lowest BCUT2D eigenvalue weighted by molar-refractivity contribution is -0.135. The molecule has 166 valence electrons. The molecule has 1 spiro atoms. The molecule has 4 rings (SSSR count). The largest absolute Gasteiger partial charge is 0.375 e. The van der Waals surface area contributed by atoms with E-state index >= 15 is 0 Å². The maximum absolute atomic E-state index is 12.8. The maximum atomic E-state index is 12.8. The highest BCUT2D eigenvalue weighted by Gasteiger charge is 2.47. The summed E-state index contributed by atoms with van der Waals surface area (Å²) in [5.74, 6) is -0.117. The van der Waals surface area contributed by atoms with Gasteiger partial charge in [-0.05, 0) is 30.0 Å². The number of amides is 1. The molecule has 8 heteroatoms. The zero-order valence-electron chi connectivity index (χ0n) is 17.7. The highest BCUT2D eigenvalue weighted by atomic mass is 32.2. The van der Waals surface area contributed by atoms with Gasteiger partial charge in [0.1, 0.15) is 6.04 Å². The number of sulfonamides is 1. The van der Waals surface area contributed by atoms with Gasteiger partial charge in [-0.15, -0.1) is 0 Å². The van der Waals surface area contributed by atoms with Crippen LogP contribution in [0.3, 0.4) is 0 Å². The van der Waals surface area contributed by atoms with Crippen LogP contribution in [0.4, 0.5) is 5.69 Å². The summed E-state index contributed by atoms with van der Waals surface area (Å²) in [6.45, 7) is 2.12. The van der Waals surface area contributed by atoms with E-state index < -0.39 is 16.1 Å². The van der Waals surface area contributed by atoms with E-state index in [1.807, 2.05) is 54.6 Å². The SMILES string of the molecule is CS(=O)(=O)N1CC2(CCN(C(=O)[C@H](N)COCc3ccccc3)CC2)c2ccccc21. The molecule has 1 amide bonds. The number of benzene rings is 2. The lowest BCUT2D eigenvalue weighted by Gasteiger charge is -2.40. The second-order valence-corrected chi connectivity index (χ2v) is 10.4. The summed E-state index contributed by atoms with van der Waals surface area (Å²) in [6, 6.07) is 16.8. The van der Waals surface area contributed by atoms with Gasteiger partial charge in [0.2, 0.25) is 15.9 Å². The van der Waals surface area contributed by atoms with Crippen LogP contribution in [-0.2, 0) is 31.6 Å². The predicted octanol–water partition coefficient (Wildman–Crippen LogP) is 1.87. The lowest BCUT2D eigenvalue weighted by atomic mass is 9.74. The molecular formula is C23H29N3O4S. The number of rotatable bonds is 6. The molecule has 0 aromatic heterocycles. The Labute approximate surface area is 183 Å². The quantitative estimate of drug-likeness (QED) is 0.736. The number of hydrogen-bond acceptors (Lipinski definition) is 5. The van der Waals surface area contributed by atoms with Crippen molar-refractivity contribution >= 4 is 21.6 Å². The van der Waals surface area contributed by atoms with Crippen molar-refractivity contribution in [1.29, 1.82) is 0 Å². The summed E-state index contributed by atoms with van der Waals surface area (Å²) in [6.07, 6.45) is 2.66. The lowest BCUT2D eigenvalue weighted by Crippen LogP contribution is -2.52. The Morgan fingerprint density at radius 1 is 1.10 bits per heavy atom. The van der Waals surface area contributed by atoms with Crippen LogP contribution in [0.25, 0.3) is 0 Å². The molecule has 0 bridgehead atoms. The Bertz CT molecular complexity index is 1030. The first kappa shape index (κ1) is 21.8. The zero-order valence-corrected chi connectivity index (χ0v) is 18.6. The fourth-order valence-electron chi connectivity index (χ4n) is 4.65. The van der Waals surface area contributed by atoms with Crippen LogP contribution < -0.4 is 10.0 Å². The molecule has 0 radical (unpaired) electrons. The maximum Gasteiger partial charge on any atom is 0.241 e. The van der Waals surface area contributed by atoms with Crippen LogP contribution in [0.2, 0.25) is 0 Å². The number of hydrogen-bond donors (Lipinski definition) is 1. The van der Waals surface area contributed by atoms with E-state index in [9.17, 15) is 13.2 Å². The minimum Gasteiger partial charge on any atom is -0.375 e. The standard InChI is InChI=1S/C23H29N3O4S/c1-31(28,29)26-17-23(19-9-5-6-10-21(19)26)11-13-25(14-12-23)22(27)20(24)16-30-15-18-7-3-2-4-8-18/h2-10,20H,11-17,24H2,1H3/t20-/m1/s1. The van der Waals surface area contributed by atoms with Crippen molar-refractivity contribution < 1.29 is 17.9 Å². The number of carbonyl (C=O) groups is 1. The van der Waals surface area contributed by atoms with E-state index in [4.69, 9.17) is 10.5 Å². The van der Waals surface area contributed by atoms with Crippen molar-refractivity contribution in [3.8, 4) is 0 Å². The molecule has 1 atom stereocenters. The van der Waals surface area contributed by atoms with E-state index in [-0.39, 0.29) is 17.9 Å². The fraction of sp³-hybridized carbons (Fsp3) is 0.435. The monoisotopic (exact) mass is 443 g/mol. The Morgan fingerprint density at radius 2 is 1.74 bits per heavy atom. The molecule has 0 aliphatic carbocycles. The van der Waals surface area contributed by atoms with E-state index in [1.54, 1.807) is 4.90 Å². The summed E-state index contributed by atoms with van der Waals surface area (Å²) in [5, 5.41) is 0. The molecular weight excluding hydrogens is 414 g/mol. The summed E-state index contributed by atoms with van der Waals surface area (Å²) in [7, 11) is -3.35. The van der Waals surface area contributed by atoms with Crippen LogP contribution in [-0.4, -0.2) is 57.8 Å². The zero-order chi connectivity index (χ0) is 22.1. The molecule has 2 aliphatic heterocycles. The van der Waals surface area contributed by atoms with Gasteiger partial charge in [0, 0.05) is 25.0 Å². The first-order valence-corrected chi connectivity index (χ1v) is 12.4. The Morgan fingerprint density at radius 3 is 2.42 bits per heavy atom. The average Bonchev–Trinajstić information content (AvgIpc) is 3.09. The van der Waals surface area contributed by atoms with Crippen molar-refractivity contribution in [2.75, 3.05) is 36.8 Å². The van der Waals surface area contributed by atoms with Crippen LogP contribution in [0.5, 0.6) is 0 Å². The van der Waals surface area contributed by atoms with Crippen molar-refractivity contribution in [3.63, 3.8) is 0 Å². The van der Waals surface area contributed by atoms with Crippen molar-refractivity contribution in [1.82, 2.24) is 4.90 Å². The first-order valence-electron chi connectivity index (χ1n) is 10.5. The second-order valence-electron chi connectivity index (χ2n) is 8.50. The predicted molar refractivity (Wildman–Crippen MR) is 120 cm³/mol. The number of carbonyl (C=O) groups excluding carboxylic acids is 1. The molecule has 2 N–H and O–H groups in total. The van der Waals surface area contributed by atoms with Crippen LogP contribution in [0.1, 0.15) is 24.0 Å². The van der Waals surface area contributed by atoms with Gasteiger partial charge in [-0.25, -0.2) is 8.42 Å². The number of para-hydroxylation sites is 1. The van der Waals surface area contributed by atoms with Gasteiger partial charge in [0.25, 0.3) is 0 Å².